The van der Waals surface area contributed by atoms with Gasteiger partial charge in [-0.15, -0.1) is 10.2 Å². The number of thioether (sulfide) groups is 1. The quantitative estimate of drug-likeness (QED) is 0.404. The molecule has 32 heavy (non-hydrogen) atoms. The summed E-state index contributed by atoms with van der Waals surface area (Å²) in [5.41, 5.74) is 0.927. The average Bonchev–Trinajstić information content (AvgIpc) is 2.96. The van der Waals surface area contributed by atoms with Crippen molar-refractivity contribution >= 4 is 29.0 Å². The van der Waals surface area contributed by atoms with Crippen LogP contribution in [0.3, 0.4) is 0 Å². The minimum atomic E-state index is -1.67. The molecule has 0 fully saturated rings. The van der Waals surface area contributed by atoms with Crippen LogP contribution in [0.4, 0.5) is 15.8 Å². The number of nitrogens with one attached hydrogen (secondary N) is 2. The van der Waals surface area contributed by atoms with Crippen molar-refractivity contribution in [1.29, 1.82) is 0 Å². The molecule has 5 rings (SSSR count). The van der Waals surface area contributed by atoms with Crippen molar-refractivity contribution in [3.63, 3.8) is 0 Å². The van der Waals surface area contributed by atoms with Gasteiger partial charge in [0.2, 0.25) is 11.0 Å². The topological polar surface area (TPSA) is 89.0 Å². The molecular weight excluding hydrogens is 429 g/mol. The van der Waals surface area contributed by atoms with E-state index in [0.29, 0.717) is 33.4 Å². The number of aromatic nitrogens is 3. The highest BCUT2D eigenvalue weighted by Gasteiger charge is 2.52. The Labute approximate surface area is 189 Å². The molecule has 1 spiro atoms. The number of halogens is 1. The van der Waals surface area contributed by atoms with Crippen LogP contribution in [0.15, 0.2) is 47.6 Å². The summed E-state index contributed by atoms with van der Waals surface area (Å²) in [5, 5.41) is 15.1. The second kappa shape index (κ2) is 8.38. The second-order valence-electron chi connectivity index (χ2n) is 7.76. The summed E-state index contributed by atoms with van der Waals surface area (Å²) in [5.74, 6) is 0.135. The van der Waals surface area contributed by atoms with Crippen LogP contribution in [0.2, 0.25) is 0 Å². The van der Waals surface area contributed by atoms with Gasteiger partial charge in [-0.25, -0.2) is 4.39 Å². The van der Waals surface area contributed by atoms with Crippen LogP contribution in [-0.2, 0) is 10.5 Å². The first kappa shape index (κ1) is 20.7. The number of nitrogens with zero attached hydrogens (tertiary/aromatic N) is 3. The maximum absolute atomic E-state index is 14.1. The molecule has 1 atom stereocenters. The van der Waals surface area contributed by atoms with Crippen molar-refractivity contribution in [3.8, 4) is 17.1 Å². The molecule has 2 aliphatic heterocycles. The molecule has 9 heteroatoms. The molecule has 0 saturated carbocycles. The molecule has 3 aromatic rings. The van der Waals surface area contributed by atoms with Gasteiger partial charge in [0.1, 0.15) is 5.82 Å². The summed E-state index contributed by atoms with van der Waals surface area (Å²) in [4.78, 5) is 17.8. The monoisotopic (exact) mass is 451 g/mol. The molecule has 2 aliphatic rings. The molecule has 2 N–H and O–H groups in total. The van der Waals surface area contributed by atoms with Crippen LogP contribution in [0, 0.1) is 5.82 Å². The van der Waals surface area contributed by atoms with Gasteiger partial charge in [0, 0.05) is 17.0 Å². The first-order valence-electron chi connectivity index (χ1n) is 10.7. The highest BCUT2D eigenvalue weighted by atomic mass is 32.2. The van der Waals surface area contributed by atoms with Crippen LogP contribution >= 0.6 is 11.8 Å². The predicted molar refractivity (Wildman–Crippen MR) is 121 cm³/mol. The molecule has 0 aliphatic carbocycles. The first-order chi connectivity index (χ1) is 15.6. The molecule has 0 radical (unpaired) electrons. The van der Waals surface area contributed by atoms with Gasteiger partial charge in [0.05, 0.1) is 11.3 Å². The lowest BCUT2D eigenvalue weighted by Crippen LogP contribution is -2.47. The Kier molecular flexibility index (Phi) is 5.42. The Hall–Kier alpha value is -3.20. The fourth-order valence-corrected chi connectivity index (χ4v) is 4.70. The van der Waals surface area contributed by atoms with Gasteiger partial charge in [0.25, 0.3) is 11.6 Å². The molecular formula is C23H22FN5O2S. The number of hydrogen-bond acceptors (Lipinski definition) is 7. The summed E-state index contributed by atoms with van der Waals surface area (Å²) in [6, 6.07) is 11.5. The molecule has 0 saturated heterocycles. The van der Waals surface area contributed by atoms with Crippen LogP contribution in [0.1, 0.15) is 38.2 Å². The number of hydrogen-bond donors (Lipinski definition) is 2. The molecule has 164 valence electrons. The van der Waals surface area contributed by atoms with Gasteiger partial charge >= 0.3 is 0 Å². The predicted octanol–water partition coefficient (Wildman–Crippen LogP) is 4.96. The lowest BCUT2D eigenvalue weighted by atomic mass is 10.0. The van der Waals surface area contributed by atoms with E-state index < -0.39 is 17.4 Å². The molecule has 2 aromatic carbocycles. The highest BCUT2D eigenvalue weighted by molar-refractivity contribution is 7.99. The van der Waals surface area contributed by atoms with Crippen molar-refractivity contribution in [2.24, 2.45) is 0 Å². The van der Waals surface area contributed by atoms with Gasteiger partial charge < -0.3 is 15.4 Å². The number of benzene rings is 2. The number of ether oxygens (including phenoxy) is 1. The smallest absolute Gasteiger partial charge is 0.295 e. The Balaban J connectivity index is 1.57. The van der Waals surface area contributed by atoms with E-state index in [1.165, 1.54) is 42.8 Å². The van der Waals surface area contributed by atoms with Crippen LogP contribution < -0.4 is 15.4 Å². The Morgan fingerprint density at radius 1 is 1.09 bits per heavy atom. The van der Waals surface area contributed by atoms with Crippen molar-refractivity contribution in [3.05, 3.63) is 53.8 Å². The largest absolute Gasteiger partial charge is 0.435 e. The lowest BCUT2D eigenvalue weighted by molar-refractivity contribution is -0.128. The molecule has 0 bridgehead atoms. The third kappa shape index (κ3) is 3.56. The minimum absolute atomic E-state index is 0.181. The zero-order valence-electron chi connectivity index (χ0n) is 17.5. The maximum atomic E-state index is 14.1. The zero-order valence-corrected chi connectivity index (χ0v) is 18.3. The number of amides is 1. The summed E-state index contributed by atoms with van der Waals surface area (Å²) in [7, 11) is 0. The third-order valence-corrected chi connectivity index (χ3v) is 6.46. The number of fused-ring (bicyclic) bond motifs is 5. The van der Waals surface area contributed by atoms with Gasteiger partial charge in [-0.3, -0.25) is 4.79 Å². The van der Waals surface area contributed by atoms with E-state index in [0.717, 1.165) is 18.6 Å². The van der Waals surface area contributed by atoms with Crippen molar-refractivity contribution in [2.75, 3.05) is 16.4 Å². The van der Waals surface area contributed by atoms with E-state index in [9.17, 15) is 9.18 Å². The van der Waals surface area contributed by atoms with Gasteiger partial charge in [-0.05, 0) is 30.7 Å². The molecule has 3 heterocycles. The fourth-order valence-electron chi connectivity index (χ4n) is 3.93. The summed E-state index contributed by atoms with van der Waals surface area (Å²) in [6.07, 6.45) is 4.58. The zero-order chi connectivity index (χ0) is 22.1. The van der Waals surface area contributed by atoms with E-state index in [4.69, 9.17) is 4.74 Å². The maximum Gasteiger partial charge on any atom is 0.295 e. The van der Waals surface area contributed by atoms with Gasteiger partial charge in [-0.1, -0.05) is 56.1 Å². The van der Waals surface area contributed by atoms with Crippen LogP contribution in [0.25, 0.3) is 11.3 Å². The van der Waals surface area contributed by atoms with Crippen molar-refractivity contribution in [2.45, 2.75) is 43.5 Å². The molecule has 1 aromatic heterocycles. The third-order valence-electron chi connectivity index (χ3n) is 5.54. The molecule has 7 nitrogen and oxygen atoms in total. The number of para-hydroxylation sites is 1. The van der Waals surface area contributed by atoms with Crippen molar-refractivity contribution < 1.29 is 13.9 Å². The Morgan fingerprint density at radius 2 is 1.97 bits per heavy atom. The Bertz CT molecular complexity index is 1190. The van der Waals surface area contributed by atoms with E-state index in [1.807, 2.05) is 24.3 Å². The van der Waals surface area contributed by atoms with Gasteiger partial charge in [0.15, 0.2) is 5.69 Å². The SMILES string of the molecule is CCCCCCSc1nnc2c(n1)OC1(Nc3ccccc3-2)C(=O)Nc2ccc(F)cc21. The minimum Gasteiger partial charge on any atom is -0.435 e. The Morgan fingerprint density at radius 3 is 2.84 bits per heavy atom. The second-order valence-corrected chi connectivity index (χ2v) is 8.82. The first-order valence-corrected chi connectivity index (χ1v) is 11.6. The van der Waals surface area contributed by atoms with Crippen LogP contribution in [-0.4, -0.2) is 26.8 Å². The van der Waals surface area contributed by atoms with E-state index in [-0.39, 0.29) is 5.88 Å². The molecule has 1 unspecified atom stereocenters. The highest BCUT2D eigenvalue weighted by Crippen LogP contribution is 2.46. The van der Waals surface area contributed by atoms with Gasteiger partial charge in [-0.2, -0.15) is 4.98 Å². The van der Waals surface area contributed by atoms with E-state index in [2.05, 4.69) is 32.7 Å². The van der Waals surface area contributed by atoms with E-state index >= 15 is 0 Å². The number of unbranched alkanes of at least 4 members (excludes halogenated alkanes) is 3. The summed E-state index contributed by atoms with van der Waals surface area (Å²) < 4.78 is 20.4. The number of carbonyl (C=O) groups excluding carboxylic acids is 1. The number of rotatable bonds is 6. The summed E-state index contributed by atoms with van der Waals surface area (Å²) in [6.45, 7) is 2.18. The normalized spacial score (nSPS) is 18.1. The lowest BCUT2D eigenvalue weighted by Gasteiger charge is -2.28. The fraction of sp³-hybridized carbons (Fsp3) is 0.304. The average molecular weight is 452 g/mol. The van der Waals surface area contributed by atoms with E-state index in [1.54, 1.807) is 0 Å². The number of carbonyl (C=O) groups is 1. The standard InChI is InChI=1S/C23H22FN5O2S/c1-2-3-4-7-12-32-22-26-20-19(28-29-22)15-8-5-6-9-17(15)27-23(31-20)16-13-14(24)10-11-18(16)25-21(23)30/h5-6,8-11,13,27H,2-4,7,12H2,1H3,(H,25,30). The number of anilines is 2. The summed E-state index contributed by atoms with van der Waals surface area (Å²) >= 11 is 1.51. The van der Waals surface area contributed by atoms with Crippen LogP contribution in [0.5, 0.6) is 5.88 Å². The molecule has 1 amide bonds. The van der Waals surface area contributed by atoms with Crippen molar-refractivity contribution in [1.82, 2.24) is 15.2 Å².